The number of benzene rings is 2. The van der Waals surface area contributed by atoms with Crippen LogP contribution in [-0.4, -0.2) is 24.5 Å². The van der Waals surface area contributed by atoms with Crippen molar-refractivity contribution in [2.45, 2.75) is 25.2 Å². The van der Waals surface area contributed by atoms with Crippen LogP contribution in [0.5, 0.6) is 0 Å². The Morgan fingerprint density at radius 1 is 1.08 bits per heavy atom. The molecular formula is C18H21N3O2S. The average molecular weight is 343 g/mol. The van der Waals surface area contributed by atoms with Gasteiger partial charge in [0.1, 0.15) is 0 Å². The SMILES string of the molecule is Cc1ccc(S(=O)(=O)NCCc2ccc3c(c2)ncn3C)cc1C. The summed E-state index contributed by atoms with van der Waals surface area (Å²) in [6.07, 6.45) is 2.40. The van der Waals surface area contributed by atoms with Gasteiger partial charge in [-0.25, -0.2) is 18.1 Å². The molecule has 1 N–H and O–H groups in total. The zero-order valence-corrected chi connectivity index (χ0v) is 14.9. The van der Waals surface area contributed by atoms with E-state index in [9.17, 15) is 8.42 Å². The molecule has 0 spiro atoms. The largest absolute Gasteiger partial charge is 0.334 e. The number of fused-ring (bicyclic) bond motifs is 1. The van der Waals surface area contributed by atoms with Gasteiger partial charge < -0.3 is 4.57 Å². The topological polar surface area (TPSA) is 64.0 Å². The Morgan fingerprint density at radius 2 is 1.88 bits per heavy atom. The molecule has 24 heavy (non-hydrogen) atoms. The molecule has 6 heteroatoms. The predicted molar refractivity (Wildman–Crippen MR) is 95.5 cm³/mol. The molecule has 2 aromatic carbocycles. The van der Waals surface area contributed by atoms with Gasteiger partial charge in [0.05, 0.1) is 22.3 Å². The summed E-state index contributed by atoms with van der Waals surface area (Å²) in [6, 6.07) is 11.2. The van der Waals surface area contributed by atoms with Gasteiger partial charge in [0.15, 0.2) is 0 Å². The van der Waals surface area contributed by atoms with E-state index in [2.05, 4.69) is 9.71 Å². The molecule has 0 saturated carbocycles. The molecule has 0 bridgehead atoms. The highest BCUT2D eigenvalue weighted by molar-refractivity contribution is 7.89. The zero-order chi connectivity index (χ0) is 17.3. The number of rotatable bonds is 5. The first kappa shape index (κ1) is 16.7. The zero-order valence-electron chi connectivity index (χ0n) is 14.1. The van der Waals surface area contributed by atoms with Crippen molar-refractivity contribution in [1.29, 1.82) is 0 Å². The maximum Gasteiger partial charge on any atom is 0.240 e. The van der Waals surface area contributed by atoms with E-state index in [1.165, 1.54) is 0 Å². The summed E-state index contributed by atoms with van der Waals surface area (Å²) in [5.41, 5.74) is 5.10. The van der Waals surface area contributed by atoms with Crippen molar-refractivity contribution in [3.63, 3.8) is 0 Å². The van der Waals surface area contributed by atoms with Crippen LogP contribution < -0.4 is 4.72 Å². The van der Waals surface area contributed by atoms with Crippen molar-refractivity contribution in [2.24, 2.45) is 7.05 Å². The standard InChI is InChI=1S/C18H21N3O2S/c1-13-4-6-16(10-14(13)2)24(22,23)20-9-8-15-5-7-18-17(11-15)19-12-21(18)3/h4-7,10-12,20H,8-9H2,1-3H3. The van der Waals surface area contributed by atoms with Crippen molar-refractivity contribution in [3.05, 3.63) is 59.4 Å². The van der Waals surface area contributed by atoms with Crippen molar-refractivity contribution in [2.75, 3.05) is 6.54 Å². The van der Waals surface area contributed by atoms with Crippen molar-refractivity contribution >= 4 is 21.1 Å². The van der Waals surface area contributed by atoms with Gasteiger partial charge in [-0.1, -0.05) is 12.1 Å². The van der Waals surface area contributed by atoms with E-state index in [1.807, 2.05) is 49.7 Å². The summed E-state index contributed by atoms with van der Waals surface area (Å²) in [4.78, 5) is 4.64. The van der Waals surface area contributed by atoms with Crippen LogP contribution in [0.1, 0.15) is 16.7 Å². The number of sulfonamides is 1. The first-order valence-electron chi connectivity index (χ1n) is 7.84. The normalized spacial score (nSPS) is 12.0. The van der Waals surface area contributed by atoms with E-state index in [4.69, 9.17) is 0 Å². The van der Waals surface area contributed by atoms with Crippen molar-refractivity contribution in [1.82, 2.24) is 14.3 Å². The maximum atomic E-state index is 12.4. The average Bonchev–Trinajstić information content (AvgIpc) is 2.90. The number of aryl methyl sites for hydroxylation is 3. The maximum absolute atomic E-state index is 12.4. The second-order valence-electron chi connectivity index (χ2n) is 6.07. The fourth-order valence-corrected chi connectivity index (χ4v) is 3.75. The van der Waals surface area contributed by atoms with Gasteiger partial charge in [-0.2, -0.15) is 0 Å². The Hall–Kier alpha value is -2.18. The summed E-state index contributed by atoms with van der Waals surface area (Å²) < 4.78 is 29.4. The lowest BCUT2D eigenvalue weighted by Crippen LogP contribution is -2.26. The van der Waals surface area contributed by atoms with Crippen LogP contribution in [0.25, 0.3) is 11.0 Å². The fraction of sp³-hybridized carbons (Fsp3) is 0.278. The molecule has 0 amide bonds. The summed E-state index contributed by atoms with van der Waals surface area (Å²) in [5.74, 6) is 0. The van der Waals surface area contributed by atoms with Gasteiger partial charge in [-0.3, -0.25) is 0 Å². The van der Waals surface area contributed by atoms with Crippen LogP contribution in [0.15, 0.2) is 47.6 Å². The molecule has 0 saturated heterocycles. The Morgan fingerprint density at radius 3 is 2.62 bits per heavy atom. The van der Waals surface area contributed by atoms with Gasteiger partial charge in [0.25, 0.3) is 0 Å². The van der Waals surface area contributed by atoms with Gasteiger partial charge in [0, 0.05) is 13.6 Å². The molecule has 0 aliphatic carbocycles. The van der Waals surface area contributed by atoms with E-state index in [0.717, 1.165) is 27.7 Å². The molecule has 126 valence electrons. The van der Waals surface area contributed by atoms with Crippen molar-refractivity contribution < 1.29 is 8.42 Å². The summed E-state index contributed by atoms with van der Waals surface area (Å²) >= 11 is 0. The minimum atomic E-state index is -3.48. The third-order valence-corrected chi connectivity index (χ3v) is 5.74. The molecule has 0 aliphatic heterocycles. The van der Waals surface area contributed by atoms with Crippen LogP contribution in [0, 0.1) is 13.8 Å². The smallest absolute Gasteiger partial charge is 0.240 e. The highest BCUT2D eigenvalue weighted by Crippen LogP contribution is 2.16. The minimum absolute atomic E-state index is 0.311. The lowest BCUT2D eigenvalue weighted by atomic mass is 10.1. The number of nitrogens with zero attached hydrogens (tertiary/aromatic N) is 2. The molecule has 0 aliphatic rings. The molecule has 1 heterocycles. The third kappa shape index (κ3) is 3.34. The van der Waals surface area contributed by atoms with E-state index in [-0.39, 0.29) is 0 Å². The molecule has 0 atom stereocenters. The van der Waals surface area contributed by atoms with Gasteiger partial charge in [-0.05, 0) is 61.2 Å². The van der Waals surface area contributed by atoms with Crippen molar-refractivity contribution in [3.8, 4) is 0 Å². The van der Waals surface area contributed by atoms with Gasteiger partial charge >= 0.3 is 0 Å². The number of nitrogens with one attached hydrogen (secondary N) is 1. The molecule has 5 nitrogen and oxygen atoms in total. The number of hydrogen-bond donors (Lipinski definition) is 1. The van der Waals surface area contributed by atoms with E-state index >= 15 is 0 Å². The summed E-state index contributed by atoms with van der Waals surface area (Å²) in [6.45, 7) is 4.23. The molecule has 0 unspecified atom stereocenters. The lowest BCUT2D eigenvalue weighted by Gasteiger charge is -2.09. The monoisotopic (exact) mass is 343 g/mol. The predicted octanol–water partition coefficient (Wildman–Crippen LogP) is 2.71. The Bertz CT molecular complexity index is 991. The summed E-state index contributed by atoms with van der Waals surface area (Å²) in [5, 5.41) is 0. The third-order valence-electron chi connectivity index (χ3n) is 4.28. The molecule has 0 fully saturated rings. The van der Waals surface area contributed by atoms with Crippen LogP contribution in [0.3, 0.4) is 0 Å². The fourth-order valence-electron chi connectivity index (χ4n) is 2.63. The second kappa shape index (κ2) is 6.37. The second-order valence-corrected chi connectivity index (χ2v) is 7.84. The molecular weight excluding hydrogens is 322 g/mol. The Labute approximate surface area is 142 Å². The first-order chi connectivity index (χ1) is 11.4. The minimum Gasteiger partial charge on any atom is -0.334 e. The molecule has 3 aromatic rings. The highest BCUT2D eigenvalue weighted by atomic mass is 32.2. The van der Waals surface area contributed by atoms with Crippen LogP contribution in [-0.2, 0) is 23.5 Å². The van der Waals surface area contributed by atoms with Gasteiger partial charge in [0.2, 0.25) is 10.0 Å². The Kier molecular flexibility index (Phi) is 4.43. The molecule has 3 rings (SSSR count). The first-order valence-corrected chi connectivity index (χ1v) is 9.32. The number of hydrogen-bond acceptors (Lipinski definition) is 3. The quantitative estimate of drug-likeness (QED) is 0.775. The summed E-state index contributed by atoms with van der Waals surface area (Å²) in [7, 11) is -1.53. The van der Waals surface area contributed by atoms with Crippen LogP contribution in [0.2, 0.25) is 0 Å². The van der Waals surface area contributed by atoms with E-state index in [1.54, 1.807) is 18.5 Å². The van der Waals surface area contributed by atoms with E-state index < -0.39 is 10.0 Å². The lowest BCUT2D eigenvalue weighted by molar-refractivity contribution is 0.581. The van der Waals surface area contributed by atoms with Crippen LogP contribution in [0.4, 0.5) is 0 Å². The molecule has 1 aromatic heterocycles. The van der Waals surface area contributed by atoms with Gasteiger partial charge in [-0.15, -0.1) is 0 Å². The number of aromatic nitrogens is 2. The van der Waals surface area contributed by atoms with Crippen LogP contribution >= 0.6 is 0 Å². The Balaban J connectivity index is 1.68. The van der Waals surface area contributed by atoms with E-state index in [0.29, 0.717) is 17.9 Å². The highest BCUT2D eigenvalue weighted by Gasteiger charge is 2.14. The molecule has 0 radical (unpaired) electrons. The number of imidazole rings is 1.